The van der Waals surface area contributed by atoms with Crippen molar-refractivity contribution in [1.82, 2.24) is 4.98 Å². The lowest BCUT2D eigenvalue weighted by molar-refractivity contribution is 1.08. The summed E-state index contributed by atoms with van der Waals surface area (Å²) < 4.78 is 0. The Morgan fingerprint density at radius 3 is 2.59 bits per heavy atom. The van der Waals surface area contributed by atoms with Crippen LogP contribution < -0.4 is 0 Å². The summed E-state index contributed by atoms with van der Waals surface area (Å²) in [6.07, 6.45) is 22.3. The molecule has 0 fully saturated rings. The maximum atomic E-state index is 4.84. The molecule has 0 amide bonds. The summed E-state index contributed by atoms with van der Waals surface area (Å²) in [5, 5.41) is 2.48. The summed E-state index contributed by atoms with van der Waals surface area (Å²) in [7, 11) is 0. The Balaban J connectivity index is 1.51. The highest BCUT2D eigenvalue weighted by Crippen LogP contribution is 2.44. The highest BCUT2D eigenvalue weighted by Gasteiger charge is 2.21. The zero-order valence-electron chi connectivity index (χ0n) is 21.3. The zero-order chi connectivity index (χ0) is 26.0. The molecule has 1 aromatic heterocycles. The van der Waals surface area contributed by atoms with E-state index in [2.05, 4.69) is 78.4 Å². The average molecular weight is 482 g/mol. The standard InChI is InChI=1S/C34H31N3/c1-5-7-16-31-29(6-2)33-20-19-27(30-17-11-18-32(31)34(30)33)24-37-25(3)22-28(35-4)15-10-8-9-13-26-14-12-21-36-23-26/h5-12,14-23H,1-2,4,13,24H2,3H3/b9-8-,15-10+,16-7-,28-22-,37-25?. The van der Waals surface area contributed by atoms with E-state index >= 15 is 0 Å². The van der Waals surface area contributed by atoms with Gasteiger partial charge in [-0.25, -0.2) is 0 Å². The minimum Gasteiger partial charge on any atom is -0.285 e. The number of allylic oxidation sites excluding steroid dienone is 11. The first kappa shape index (κ1) is 25.5. The van der Waals surface area contributed by atoms with Crippen molar-refractivity contribution in [2.75, 3.05) is 0 Å². The summed E-state index contributed by atoms with van der Waals surface area (Å²) in [6.45, 7) is 14.2. The van der Waals surface area contributed by atoms with Gasteiger partial charge in [0.15, 0.2) is 0 Å². The van der Waals surface area contributed by atoms with Gasteiger partial charge in [0, 0.05) is 18.1 Å². The van der Waals surface area contributed by atoms with Crippen LogP contribution in [0.15, 0.2) is 138 Å². The van der Waals surface area contributed by atoms with Crippen LogP contribution in [0.25, 0.3) is 21.9 Å². The van der Waals surface area contributed by atoms with Crippen molar-refractivity contribution in [3.8, 4) is 0 Å². The van der Waals surface area contributed by atoms with Gasteiger partial charge in [-0.3, -0.25) is 15.0 Å². The van der Waals surface area contributed by atoms with Gasteiger partial charge >= 0.3 is 0 Å². The van der Waals surface area contributed by atoms with E-state index in [1.165, 1.54) is 38.6 Å². The molecule has 3 aromatic rings. The van der Waals surface area contributed by atoms with Crippen LogP contribution in [-0.4, -0.2) is 17.4 Å². The van der Waals surface area contributed by atoms with Crippen LogP contribution in [0.2, 0.25) is 0 Å². The lowest BCUT2D eigenvalue weighted by Crippen LogP contribution is -1.93. The smallest absolute Gasteiger partial charge is 0.0648 e. The van der Waals surface area contributed by atoms with Crippen molar-refractivity contribution in [3.63, 3.8) is 0 Å². The normalized spacial score (nSPS) is 14.0. The van der Waals surface area contributed by atoms with Crippen LogP contribution in [-0.2, 0) is 13.0 Å². The predicted octanol–water partition coefficient (Wildman–Crippen LogP) is 8.29. The molecular formula is C34H31N3. The van der Waals surface area contributed by atoms with Crippen LogP contribution in [0.3, 0.4) is 0 Å². The molecule has 0 aliphatic heterocycles. The Bertz CT molecular complexity index is 1510. The van der Waals surface area contributed by atoms with E-state index in [0.29, 0.717) is 6.54 Å². The molecule has 1 aliphatic rings. The molecular weight excluding hydrogens is 450 g/mol. The van der Waals surface area contributed by atoms with Crippen molar-refractivity contribution >= 4 is 34.3 Å². The Hall–Kier alpha value is -4.63. The van der Waals surface area contributed by atoms with E-state index in [4.69, 9.17) is 4.99 Å². The molecule has 1 aliphatic carbocycles. The van der Waals surface area contributed by atoms with Gasteiger partial charge in [0.05, 0.1) is 12.2 Å². The number of rotatable bonds is 11. The fraction of sp³-hybridized carbons (Fsp3) is 0.0882. The van der Waals surface area contributed by atoms with Crippen molar-refractivity contribution < 1.29 is 0 Å². The maximum absolute atomic E-state index is 4.84. The molecule has 0 atom stereocenters. The lowest BCUT2D eigenvalue weighted by Gasteiger charge is -2.08. The quantitative estimate of drug-likeness (QED) is 0.200. The molecule has 1 heterocycles. The number of hydrogen-bond acceptors (Lipinski definition) is 3. The first-order valence-corrected chi connectivity index (χ1v) is 12.3. The Morgan fingerprint density at radius 2 is 1.84 bits per heavy atom. The van der Waals surface area contributed by atoms with Gasteiger partial charge < -0.3 is 0 Å². The van der Waals surface area contributed by atoms with E-state index in [1.807, 2.05) is 55.6 Å². The monoisotopic (exact) mass is 481 g/mol. The topological polar surface area (TPSA) is 37.6 Å². The number of benzene rings is 2. The van der Waals surface area contributed by atoms with Gasteiger partial charge in [0.2, 0.25) is 0 Å². The van der Waals surface area contributed by atoms with Gasteiger partial charge in [-0.05, 0) is 82.5 Å². The van der Waals surface area contributed by atoms with E-state index < -0.39 is 0 Å². The van der Waals surface area contributed by atoms with E-state index in [0.717, 1.165) is 23.4 Å². The number of hydrogen-bond donors (Lipinski definition) is 0. The average Bonchev–Trinajstić information content (AvgIpc) is 3.24. The minimum atomic E-state index is 0.586. The van der Waals surface area contributed by atoms with Crippen molar-refractivity contribution in [3.05, 3.63) is 151 Å². The third kappa shape index (κ3) is 5.96. The number of pyridine rings is 1. The SMILES string of the molecule is C=C/C=C\C1=C(C=C)c2ccc(CN=C(C)/C=C(/C=C/C=C\Cc3cccnc3)N=C)c3cccc1c23. The molecule has 0 N–H and O–H groups in total. The van der Waals surface area contributed by atoms with Crippen LogP contribution in [0.5, 0.6) is 0 Å². The molecule has 4 rings (SSSR count). The van der Waals surface area contributed by atoms with Crippen molar-refractivity contribution in [1.29, 1.82) is 0 Å². The molecule has 0 radical (unpaired) electrons. The molecule has 0 spiro atoms. The summed E-state index contributed by atoms with van der Waals surface area (Å²) >= 11 is 0. The zero-order valence-corrected chi connectivity index (χ0v) is 21.3. The summed E-state index contributed by atoms with van der Waals surface area (Å²) in [4.78, 5) is 13.1. The van der Waals surface area contributed by atoms with Crippen LogP contribution >= 0.6 is 0 Å². The van der Waals surface area contributed by atoms with Gasteiger partial charge in [0.25, 0.3) is 0 Å². The summed E-state index contributed by atoms with van der Waals surface area (Å²) in [5.74, 6) is 0. The first-order chi connectivity index (χ1) is 18.2. The summed E-state index contributed by atoms with van der Waals surface area (Å²) in [6, 6.07) is 14.8. The fourth-order valence-electron chi connectivity index (χ4n) is 4.48. The molecule has 0 unspecified atom stereocenters. The Morgan fingerprint density at radius 1 is 0.973 bits per heavy atom. The van der Waals surface area contributed by atoms with Gasteiger partial charge in [-0.15, -0.1) is 0 Å². The molecule has 3 heteroatoms. The van der Waals surface area contributed by atoms with Gasteiger partial charge in [-0.2, -0.15) is 0 Å². The number of nitrogens with zero attached hydrogens (tertiary/aromatic N) is 3. The minimum absolute atomic E-state index is 0.586. The second-order valence-electron chi connectivity index (χ2n) is 8.66. The molecule has 2 aromatic carbocycles. The highest BCUT2D eigenvalue weighted by molar-refractivity contribution is 6.18. The largest absolute Gasteiger partial charge is 0.285 e. The molecule has 37 heavy (non-hydrogen) atoms. The molecule has 0 bridgehead atoms. The molecule has 3 nitrogen and oxygen atoms in total. The highest BCUT2D eigenvalue weighted by atomic mass is 14.7. The van der Waals surface area contributed by atoms with E-state index in [-0.39, 0.29) is 0 Å². The van der Waals surface area contributed by atoms with E-state index in [1.54, 1.807) is 12.3 Å². The second-order valence-corrected chi connectivity index (χ2v) is 8.66. The predicted molar refractivity (Wildman–Crippen MR) is 161 cm³/mol. The van der Waals surface area contributed by atoms with Gasteiger partial charge in [0.1, 0.15) is 0 Å². The van der Waals surface area contributed by atoms with Crippen molar-refractivity contribution in [2.24, 2.45) is 9.98 Å². The Kier molecular flexibility index (Phi) is 8.51. The Labute approximate surface area is 219 Å². The fourth-order valence-corrected chi connectivity index (χ4v) is 4.48. The second kappa shape index (κ2) is 12.4. The van der Waals surface area contributed by atoms with Gasteiger partial charge in [-0.1, -0.05) is 92.1 Å². The molecule has 0 saturated heterocycles. The third-order valence-corrected chi connectivity index (χ3v) is 6.23. The summed E-state index contributed by atoms with van der Waals surface area (Å²) in [5.41, 5.74) is 8.81. The maximum Gasteiger partial charge on any atom is 0.0648 e. The number of aliphatic imine (C=N–C) groups is 2. The van der Waals surface area contributed by atoms with E-state index in [9.17, 15) is 0 Å². The molecule has 182 valence electrons. The number of aromatic nitrogens is 1. The van der Waals surface area contributed by atoms with Crippen LogP contribution in [0.4, 0.5) is 0 Å². The van der Waals surface area contributed by atoms with Crippen LogP contribution in [0.1, 0.15) is 29.2 Å². The third-order valence-electron chi connectivity index (χ3n) is 6.23. The first-order valence-electron chi connectivity index (χ1n) is 12.3. The molecule has 0 saturated carbocycles. The lowest BCUT2D eigenvalue weighted by atomic mass is 9.97. The van der Waals surface area contributed by atoms with Crippen molar-refractivity contribution in [2.45, 2.75) is 19.9 Å². The van der Waals surface area contributed by atoms with Crippen LogP contribution in [0, 0.1) is 0 Å².